The van der Waals surface area contributed by atoms with Crippen LogP contribution in [0.25, 0.3) is 11.0 Å². The Kier molecular flexibility index (Phi) is 16.7. The lowest BCUT2D eigenvalue weighted by molar-refractivity contribution is -0.142. The number of rotatable bonds is 14. The molecule has 0 unspecified atom stereocenters. The number of nitrogens with one attached hydrogen (secondary N) is 1. The zero-order valence-corrected chi connectivity index (χ0v) is 36.9. The summed E-state index contributed by atoms with van der Waals surface area (Å²) in [5, 5.41) is 3.35. The Hall–Kier alpha value is -6.46. The summed E-state index contributed by atoms with van der Waals surface area (Å²) in [6.45, 7) is 6.25. The second-order valence-electron chi connectivity index (χ2n) is 15.5. The standard InChI is InChI=1S/C37H37N7O5.C6H12O3S.C3H6O/c1-3-48-34(45)18-20-44(32-9-4-5-19-39-32)36(46)27-13-17-31-30(22-27)41-33(43(31)2)23-40-28-14-10-25(11-15-28)35(38)42-37(47)49-29-16-12-24-7-6-8-26(24)21-29;1-6(3-2-4-6)5-10(7,8)9;1-2-3-4/h4-5,9-17,19,21-22,40H,3,6-8,18,20,23H2,1-2H3,(H2,38,42,47);2-5H2,1H3,(H,7,8,9);3H,2H2,1H3. The van der Waals surface area contributed by atoms with Crippen molar-refractivity contribution in [3.05, 3.63) is 113 Å². The van der Waals surface area contributed by atoms with Gasteiger partial charge >= 0.3 is 12.1 Å². The van der Waals surface area contributed by atoms with Crippen LogP contribution in [0.15, 0.2) is 90.1 Å². The molecule has 7 rings (SSSR count). The molecule has 5 aromatic rings. The highest BCUT2D eigenvalue weighted by atomic mass is 32.2. The monoisotopic (exact) mass is 881 g/mol. The minimum atomic E-state index is -3.74. The predicted octanol–water partition coefficient (Wildman–Crippen LogP) is 7.23. The van der Waals surface area contributed by atoms with Crippen molar-refractivity contribution < 1.29 is 41.6 Å². The second kappa shape index (κ2) is 22.1. The molecule has 2 aliphatic rings. The Morgan fingerprint density at radius 1 is 0.984 bits per heavy atom. The van der Waals surface area contributed by atoms with Crippen LogP contribution in [-0.4, -0.2) is 76.5 Å². The predicted molar refractivity (Wildman–Crippen MR) is 242 cm³/mol. The molecule has 1 saturated carbocycles. The summed E-state index contributed by atoms with van der Waals surface area (Å²) in [7, 11) is -1.83. The molecule has 1 fully saturated rings. The van der Waals surface area contributed by atoms with Crippen LogP contribution in [-0.2, 0) is 50.9 Å². The van der Waals surface area contributed by atoms with E-state index in [2.05, 4.69) is 15.3 Å². The number of aryl methyl sites for hydroxylation is 3. The first-order valence-electron chi connectivity index (χ1n) is 20.9. The van der Waals surface area contributed by atoms with Gasteiger partial charge in [-0.25, -0.2) is 14.8 Å². The number of nitrogens with two attached hydrogens (primary N) is 1. The van der Waals surface area contributed by atoms with E-state index in [1.54, 1.807) is 61.7 Å². The van der Waals surface area contributed by atoms with Crippen molar-refractivity contribution in [3.63, 3.8) is 0 Å². The number of carbonyl (C=O) groups is 4. The third-order valence-corrected chi connectivity index (χ3v) is 11.7. The number of hydrogen-bond acceptors (Lipinski definition) is 11. The first kappa shape index (κ1) is 47.6. The summed E-state index contributed by atoms with van der Waals surface area (Å²) in [5.74, 6) is 0.963. The van der Waals surface area contributed by atoms with Gasteiger partial charge in [-0.15, -0.1) is 0 Å². The number of ether oxygens (including phenoxy) is 2. The lowest BCUT2D eigenvalue weighted by Gasteiger charge is -2.36. The summed E-state index contributed by atoms with van der Waals surface area (Å²) in [5.41, 5.74) is 11.8. The molecule has 0 bridgehead atoms. The minimum absolute atomic E-state index is 0.0420. The van der Waals surface area contributed by atoms with Gasteiger partial charge in [0.15, 0.2) is 0 Å². The van der Waals surface area contributed by atoms with Crippen molar-refractivity contribution in [2.24, 2.45) is 23.2 Å². The van der Waals surface area contributed by atoms with E-state index in [0.717, 1.165) is 61.8 Å². The number of aromatic nitrogens is 3. The highest BCUT2D eigenvalue weighted by Crippen LogP contribution is 2.41. The summed E-state index contributed by atoms with van der Waals surface area (Å²) in [4.78, 5) is 61.8. The van der Waals surface area contributed by atoms with E-state index in [1.807, 2.05) is 55.8 Å². The lowest BCUT2D eigenvalue weighted by atomic mass is 9.72. The maximum atomic E-state index is 13.7. The number of nitrogens with zero attached hydrogens (tertiary/aromatic N) is 5. The molecule has 0 radical (unpaired) electrons. The van der Waals surface area contributed by atoms with Gasteiger partial charge < -0.3 is 29.9 Å². The number of carbonyl (C=O) groups excluding carboxylic acids is 4. The lowest BCUT2D eigenvalue weighted by Crippen LogP contribution is -2.34. The number of fused-ring (bicyclic) bond motifs is 2. The molecule has 17 heteroatoms. The van der Waals surface area contributed by atoms with Gasteiger partial charge in [-0.1, -0.05) is 32.4 Å². The molecular weight excluding hydrogens is 827 g/mol. The summed E-state index contributed by atoms with van der Waals surface area (Å²) in [6.07, 6.45) is 8.47. The number of aliphatic imine (C=N–C) groups is 1. The molecule has 4 N–H and O–H groups in total. The van der Waals surface area contributed by atoms with E-state index in [-0.39, 0.29) is 48.5 Å². The van der Waals surface area contributed by atoms with E-state index in [0.29, 0.717) is 41.2 Å². The average Bonchev–Trinajstić information content (AvgIpc) is 3.85. The van der Waals surface area contributed by atoms with Gasteiger partial charge in [-0.2, -0.15) is 13.4 Å². The number of esters is 1. The molecule has 2 aliphatic carbocycles. The molecular formula is C46H55N7O9S. The number of amidine groups is 1. The Bertz CT molecular complexity index is 2520. The maximum Gasteiger partial charge on any atom is 0.441 e. The molecule has 2 amide bonds. The smallest absolute Gasteiger partial charge is 0.441 e. The van der Waals surface area contributed by atoms with Gasteiger partial charge in [-0.05, 0) is 122 Å². The zero-order chi connectivity index (χ0) is 45.6. The van der Waals surface area contributed by atoms with E-state index in [9.17, 15) is 27.6 Å². The van der Waals surface area contributed by atoms with Crippen LogP contribution >= 0.6 is 0 Å². The van der Waals surface area contributed by atoms with Gasteiger partial charge in [0.1, 0.15) is 29.5 Å². The van der Waals surface area contributed by atoms with E-state index < -0.39 is 16.2 Å². The molecule has 3 aromatic carbocycles. The van der Waals surface area contributed by atoms with Crippen molar-refractivity contribution in [2.45, 2.75) is 78.7 Å². The largest absolute Gasteiger partial charge is 0.466 e. The number of anilines is 2. The Morgan fingerprint density at radius 3 is 2.32 bits per heavy atom. The van der Waals surface area contributed by atoms with Gasteiger partial charge in [-0.3, -0.25) is 19.0 Å². The van der Waals surface area contributed by atoms with E-state index >= 15 is 0 Å². The van der Waals surface area contributed by atoms with E-state index in [4.69, 9.17) is 24.7 Å². The summed E-state index contributed by atoms with van der Waals surface area (Å²) >= 11 is 0. The van der Waals surface area contributed by atoms with Crippen molar-refractivity contribution in [3.8, 4) is 5.75 Å². The molecule has 0 spiro atoms. The zero-order valence-electron chi connectivity index (χ0n) is 36.1. The Morgan fingerprint density at radius 2 is 1.70 bits per heavy atom. The van der Waals surface area contributed by atoms with Crippen molar-refractivity contribution in [2.75, 3.05) is 29.1 Å². The van der Waals surface area contributed by atoms with Crippen molar-refractivity contribution in [1.29, 1.82) is 0 Å². The Balaban J connectivity index is 0.000000457. The van der Waals surface area contributed by atoms with Crippen LogP contribution < -0.4 is 20.7 Å². The van der Waals surface area contributed by atoms with Crippen molar-refractivity contribution in [1.82, 2.24) is 14.5 Å². The molecule has 63 heavy (non-hydrogen) atoms. The second-order valence-corrected chi connectivity index (χ2v) is 17.0. The van der Waals surface area contributed by atoms with Gasteiger partial charge in [0.25, 0.3) is 16.0 Å². The van der Waals surface area contributed by atoms with Crippen LogP contribution in [0.2, 0.25) is 0 Å². The molecule has 0 atom stereocenters. The van der Waals surface area contributed by atoms with Crippen molar-refractivity contribution >= 4 is 62.7 Å². The van der Waals surface area contributed by atoms with Gasteiger partial charge in [0.05, 0.1) is 36.4 Å². The van der Waals surface area contributed by atoms with Crippen LogP contribution in [0.1, 0.15) is 92.2 Å². The van der Waals surface area contributed by atoms with Gasteiger partial charge in [0, 0.05) is 43.0 Å². The minimum Gasteiger partial charge on any atom is -0.466 e. The number of amides is 2. The fourth-order valence-electron chi connectivity index (χ4n) is 7.17. The SMILES string of the molecule is CC1(CS(=O)(=O)O)CCC1.CCC=O.CCOC(=O)CCN(C(=O)c1ccc2c(c1)nc(CNc1ccc(/C(N)=N\C(=O)Oc3ccc4c(c3)CCC4)cc1)n2C)c1ccccn1. The highest BCUT2D eigenvalue weighted by molar-refractivity contribution is 7.85. The maximum absolute atomic E-state index is 13.7. The number of imidazole rings is 1. The summed E-state index contributed by atoms with van der Waals surface area (Å²) < 4.78 is 41.7. The normalized spacial score (nSPS) is 13.8. The third-order valence-electron chi connectivity index (χ3n) is 10.6. The quantitative estimate of drug-likeness (QED) is 0.0329. The fourth-order valence-corrected chi connectivity index (χ4v) is 8.34. The first-order chi connectivity index (χ1) is 30.1. The fraction of sp³-hybridized carbons (Fsp3) is 0.370. The summed E-state index contributed by atoms with van der Waals surface area (Å²) in [6, 6.07) is 23.5. The number of hydrogen-bond donors (Lipinski definition) is 3. The average molecular weight is 882 g/mol. The molecule has 2 aromatic heterocycles. The Labute approximate surface area is 367 Å². The van der Waals surface area contributed by atoms with Crippen LogP contribution in [0.3, 0.4) is 0 Å². The molecule has 0 aliphatic heterocycles. The number of benzene rings is 3. The van der Waals surface area contributed by atoms with E-state index in [1.165, 1.54) is 16.0 Å². The molecule has 16 nitrogen and oxygen atoms in total. The first-order valence-corrected chi connectivity index (χ1v) is 22.5. The molecule has 334 valence electrons. The van der Waals surface area contributed by atoms with Crippen LogP contribution in [0.4, 0.5) is 16.3 Å². The number of pyridine rings is 1. The number of aldehydes is 1. The van der Waals surface area contributed by atoms with Crippen LogP contribution in [0, 0.1) is 5.41 Å². The van der Waals surface area contributed by atoms with Crippen LogP contribution in [0.5, 0.6) is 5.75 Å². The third kappa shape index (κ3) is 13.8. The molecule has 2 heterocycles. The highest BCUT2D eigenvalue weighted by Gasteiger charge is 2.35. The molecule has 0 saturated heterocycles. The van der Waals surface area contributed by atoms with Gasteiger partial charge in [0.2, 0.25) is 0 Å². The topological polar surface area (TPSA) is 225 Å².